The van der Waals surface area contributed by atoms with Gasteiger partial charge in [-0.15, -0.1) is 0 Å². The fourth-order valence-electron chi connectivity index (χ4n) is 3.10. The molecule has 4 rings (SSSR count). The number of aliphatic hydroxyl groups excluding tert-OH is 1. The van der Waals surface area contributed by atoms with E-state index in [0.29, 0.717) is 17.3 Å². The Morgan fingerprint density at radius 3 is 2.70 bits per heavy atom. The Hall–Kier alpha value is -1.73. The minimum atomic E-state index is -0.684. The third-order valence-corrected chi connectivity index (χ3v) is 4.92. The molecule has 0 spiro atoms. The number of rotatable bonds is 3. The Morgan fingerprint density at radius 1 is 1.30 bits per heavy atom. The fraction of sp³-hybridized carbons (Fsp3) is 0.438. The quantitative estimate of drug-likeness (QED) is 0.763. The maximum Gasteiger partial charge on any atom is 0.181 e. The Labute approximate surface area is 142 Å². The van der Waals surface area contributed by atoms with E-state index in [1.165, 1.54) is 18.5 Å². The van der Waals surface area contributed by atoms with Crippen molar-refractivity contribution in [1.29, 1.82) is 0 Å². The van der Waals surface area contributed by atoms with Crippen LogP contribution >= 0.6 is 15.9 Å². The van der Waals surface area contributed by atoms with Gasteiger partial charge in [-0.3, -0.25) is 4.68 Å². The van der Waals surface area contributed by atoms with Gasteiger partial charge in [0.1, 0.15) is 10.4 Å². The molecule has 1 aliphatic rings. The van der Waals surface area contributed by atoms with E-state index in [1.54, 1.807) is 11.6 Å². The molecule has 0 bridgehead atoms. The van der Waals surface area contributed by atoms with Gasteiger partial charge in [-0.25, -0.2) is 9.97 Å². The molecule has 1 unspecified atom stereocenters. The summed E-state index contributed by atoms with van der Waals surface area (Å²) in [5.74, 6) is 1.41. The van der Waals surface area contributed by atoms with Crippen LogP contribution < -0.4 is 0 Å². The number of aromatic nitrogens is 5. The molecule has 1 fully saturated rings. The molecule has 1 aliphatic carbocycles. The van der Waals surface area contributed by atoms with E-state index in [1.807, 2.05) is 26.4 Å². The van der Waals surface area contributed by atoms with Crippen LogP contribution in [0.5, 0.6) is 0 Å². The number of aryl methyl sites for hydroxylation is 1. The zero-order valence-corrected chi connectivity index (χ0v) is 14.9. The molecule has 120 valence electrons. The van der Waals surface area contributed by atoms with Crippen molar-refractivity contribution < 1.29 is 5.11 Å². The van der Waals surface area contributed by atoms with Crippen molar-refractivity contribution in [3.8, 4) is 11.4 Å². The van der Waals surface area contributed by atoms with E-state index in [0.717, 1.165) is 21.4 Å². The van der Waals surface area contributed by atoms with Crippen molar-refractivity contribution in [2.45, 2.75) is 31.8 Å². The molecule has 0 amide bonds. The van der Waals surface area contributed by atoms with E-state index in [9.17, 15) is 5.11 Å². The summed E-state index contributed by atoms with van der Waals surface area (Å²) >= 11 is 3.59. The summed E-state index contributed by atoms with van der Waals surface area (Å²) in [6.45, 7) is 1.72. The Kier molecular flexibility index (Phi) is 3.32. The third kappa shape index (κ3) is 2.38. The van der Waals surface area contributed by atoms with E-state index >= 15 is 0 Å². The van der Waals surface area contributed by atoms with E-state index in [4.69, 9.17) is 4.98 Å². The monoisotopic (exact) mass is 375 g/mol. The summed E-state index contributed by atoms with van der Waals surface area (Å²) in [4.78, 5) is 9.26. The lowest BCUT2D eigenvalue weighted by Crippen LogP contribution is -2.04. The smallest absolute Gasteiger partial charge is 0.181 e. The normalized spacial score (nSPS) is 16.2. The molecular weight excluding hydrogens is 358 g/mol. The maximum atomic E-state index is 10.2. The van der Waals surface area contributed by atoms with Crippen LogP contribution in [0.25, 0.3) is 22.4 Å². The number of pyridine rings is 1. The lowest BCUT2D eigenvalue weighted by atomic mass is 10.1. The summed E-state index contributed by atoms with van der Waals surface area (Å²) in [7, 11) is 3.89. The third-order valence-electron chi connectivity index (χ3n) is 4.33. The van der Waals surface area contributed by atoms with Gasteiger partial charge in [-0.1, -0.05) is 0 Å². The molecule has 3 heterocycles. The van der Waals surface area contributed by atoms with Crippen LogP contribution in [0.1, 0.15) is 43.2 Å². The molecule has 0 aromatic carbocycles. The molecule has 3 aromatic heterocycles. The number of fused-ring (bicyclic) bond motifs is 1. The van der Waals surface area contributed by atoms with Crippen LogP contribution in [-0.2, 0) is 14.1 Å². The van der Waals surface area contributed by atoms with Crippen LogP contribution in [0.2, 0.25) is 0 Å². The Bertz CT molecular complexity index is 907. The van der Waals surface area contributed by atoms with Crippen molar-refractivity contribution in [3.05, 3.63) is 28.3 Å². The van der Waals surface area contributed by atoms with Gasteiger partial charge in [0.15, 0.2) is 5.65 Å². The first kappa shape index (κ1) is 14.8. The number of imidazole rings is 1. The summed E-state index contributed by atoms with van der Waals surface area (Å²) in [5.41, 5.74) is 3.33. The standard InChI is InChI=1S/C16H18BrN5O/c1-8(23)12-11(6-10-7-21(2)20-15(10)18-12)16-19-14(17)13(22(16)3)9-4-5-9/h6-9,23H,4-5H2,1-3H3. The molecule has 1 atom stereocenters. The molecule has 6 nitrogen and oxygen atoms in total. The maximum absolute atomic E-state index is 10.2. The lowest BCUT2D eigenvalue weighted by molar-refractivity contribution is 0.195. The van der Waals surface area contributed by atoms with E-state index in [-0.39, 0.29) is 0 Å². The van der Waals surface area contributed by atoms with Gasteiger partial charge in [0.05, 0.1) is 17.5 Å². The van der Waals surface area contributed by atoms with Crippen molar-refractivity contribution in [1.82, 2.24) is 24.3 Å². The van der Waals surface area contributed by atoms with Gasteiger partial charge in [0, 0.05) is 37.2 Å². The van der Waals surface area contributed by atoms with Gasteiger partial charge in [0.2, 0.25) is 0 Å². The van der Waals surface area contributed by atoms with Gasteiger partial charge >= 0.3 is 0 Å². The minimum absolute atomic E-state index is 0.584. The van der Waals surface area contributed by atoms with Crippen molar-refractivity contribution in [2.75, 3.05) is 0 Å². The summed E-state index contributed by atoms with van der Waals surface area (Å²) < 4.78 is 4.74. The molecule has 3 aromatic rings. The van der Waals surface area contributed by atoms with Crippen LogP contribution in [0, 0.1) is 0 Å². The van der Waals surface area contributed by atoms with Crippen LogP contribution in [0.3, 0.4) is 0 Å². The Balaban J connectivity index is 1.97. The number of hydrogen-bond acceptors (Lipinski definition) is 4. The number of aliphatic hydroxyl groups is 1. The highest BCUT2D eigenvalue weighted by Crippen LogP contribution is 2.44. The molecular formula is C16H18BrN5O. The number of hydrogen-bond donors (Lipinski definition) is 1. The second-order valence-electron chi connectivity index (χ2n) is 6.26. The minimum Gasteiger partial charge on any atom is -0.387 e. The lowest BCUT2D eigenvalue weighted by Gasteiger charge is -2.12. The zero-order chi connectivity index (χ0) is 16.3. The summed E-state index contributed by atoms with van der Waals surface area (Å²) in [6.07, 6.45) is 3.66. The number of halogens is 1. The Morgan fingerprint density at radius 2 is 2.04 bits per heavy atom. The topological polar surface area (TPSA) is 68.8 Å². The molecule has 23 heavy (non-hydrogen) atoms. The highest BCUT2D eigenvalue weighted by atomic mass is 79.9. The van der Waals surface area contributed by atoms with E-state index < -0.39 is 6.10 Å². The molecule has 0 aliphatic heterocycles. The van der Waals surface area contributed by atoms with Crippen LogP contribution in [0.15, 0.2) is 16.9 Å². The van der Waals surface area contributed by atoms with Gasteiger partial charge in [0.25, 0.3) is 0 Å². The molecule has 0 saturated heterocycles. The predicted octanol–water partition coefficient (Wildman–Crippen LogP) is 3.06. The molecule has 7 heteroatoms. The molecule has 0 radical (unpaired) electrons. The fourth-order valence-corrected chi connectivity index (χ4v) is 3.86. The first-order chi connectivity index (χ1) is 11.0. The van der Waals surface area contributed by atoms with Crippen molar-refractivity contribution in [2.24, 2.45) is 14.1 Å². The second kappa shape index (κ2) is 5.14. The van der Waals surface area contributed by atoms with Crippen LogP contribution in [0.4, 0.5) is 0 Å². The summed E-state index contributed by atoms with van der Waals surface area (Å²) in [5, 5.41) is 15.5. The highest BCUT2D eigenvalue weighted by Gasteiger charge is 2.31. The first-order valence-corrected chi connectivity index (χ1v) is 8.50. The summed E-state index contributed by atoms with van der Waals surface area (Å²) in [6, 6.07) is 2.02. The predicted molar refractivity (Wildman–Crippen MR) is 91.0 cm³/mol. The van der Waals surface area contributed by atoms with E-state index in [2.05, 4.69) is 30.6 Å². The van der Waals surface area contributed by atoms with Gasteiger partial charge in [-0.05, 0) is 41.8 Å². The van der Waals surface area contributed by atoms with Gasteiger partial charge in [-0.2, -0.15) is 5.10 Å². The largest absolute Gasteiger partial charge is 0.387 e. The SMILES string of the molecule is CC(O)c1nc2nn(C)cc2cc1-c1nc(Br)c(C2CC2)n1C. The second-order valence-corrected chi connectivity index (χ2v) is 7.01. The zero-order valence-electron chi connectivity index (χ0n) is 13.3. The van der Waals surface area contributed by atoms with Gasteiger partial charge < -0.3 is 9.67 Å². The van der Waals surface area contributed by atoms with Crippen molar-refractivity contribution in [3.63, 3.8) is 0 Å². The average Bonchev–Trinajstić information content (AvgIpc) is 3.17. The van der Waals surface area contributed by atoms with Crippen LogP contribution in [-0.4, -0.2) is 29.4 Å². The number of nitrogens with zero attached hydrogens (tertiary/aromatic N) is 5. The first-order valence-electron chi connectivity index (χ1n) is 7.70. The average molecular weight is 376 g/mol. The molecule has 1 saturated carbocycles. The van der Waals surface area contributed by atoms with Crippen molar-refractivity contribution >= 4 is 27.0 Å². The highest BCUT2D eigenvalue weighted by molar-refractivity contribution is 9.10. The molecule has 1 N–H and O–H groups in total.